The Morgan fingerprint density at radius 3 is 2.15 bits per heavy atom. The van der Waals surface area contributed by atoms with Crippen LogP contribution in [0, 0.1) is 13.8 Å². The van der Waals surface area contributed by atoms with Crippen LogP contribution in [0.3, 0.4) is 0 Å². The van der Waals surface area contributed by atoms with Crippen molar-refractivity contribution >= 4 is 34.4 Å². The third-order valence-electron chi connectivity index (χ3n) is 3.87. The first kappa shape index (κ1) is 24.0. The second-order valence-electron chi connectivity index (χ2n) is 7.75. The van der Waals surface area contributed by atoms with Crippen molar-refractivity contribution in [1.82, 2.24) is 5.32 Å². The fourth-order valence-electron chi connectivity index (χ4n) is 2.74. The number of piperazine rings is 1. The first-order chi connectivity index (χ1) is 12.2. The number of aryl methyl sites for hydroxylation is 2. The quantitative estimate of drug-likeness (QED) is 0.668. The van der Waals surface area contributed by atoms with Crippen LogP contribution in [0.5, 0.6) is 0 Å². The zero-order valence-corrected chi connectivity index (χ0v) is 19.6. The summed E-state index contributed by atoms with van der Waals surface area (Å²) in [5.74, 6) is 0. The molecule has 2 aromatic carbocycles. The summed E-state index contributed by atoms with van der Waals surface area (Å²) in [6.45, 7) is 13.9. The largest absolute Gasteiger partial charge is 0.391 e. The smallest absolute Gasteiger partial charge is 0.0563 e. The summed E-state index contributed by atoms with van der Waals surface area (Å²) < 4.78 is 0. The van der Waals surface area contributed by atoms with Gasteiger partial charge in [-0.25, -0.2) is 0 Å². The van der Waals surface area contributed by atoms with Crippen molar-refractivity contribution in [2.75, 3.05) is 31.1 Å². The van der Waals surface area contributed by atoms with Crippen LogP contribution in [0.25, 0.3) is 0 Å². The molecule has 0 saturated carbocycles. The van der Waals surface area contributed by atoms with Crippen molar-refractivity contribution in [1.29, 1.82) is 0 Å². The lowest BCUT2D eigenvalue weighted by Gasteiger charge is -2.31. The van der Waals surface area contributed by atoms with E-state index in [1.807, 2.05) is 11.8 Å². The second-order valence-corrected chi connectivity index (χ2v) is 8.83. The van der Waals surface area contributed by atoms with Crippen molar-refractivity contribution < 1.29 is 5.11 Å². The number of anilines is 1. The molecule has 0 bridgehead atoms. The summed E-state index contributed by atoms with van der Waals surface area (Å²) >= 11 is 1.88. The van der Waals surface area contributed by atoms with Crippen LogP contribution in [-0.4, -0.2) is 36.9 Å². The first-order valence-electron chi connectivity index (χ1n) is 9.26. The minimum absolute atomic E-state index is 0. The number of benzene rings is 2. The molecule has 1 heterocycles. The maximum atomic E-state index is 8.52. The lowest BCUT2D eigenvalue weighted by atomic mass is 10.2. The molecular weight excluding hydrogens is 420 g/mol. The van der Waals surface area contributed by atoms with Crippen LogP contribution in [0.15, 0.2) is 52.3 Å². The molecule has 0 radical (unpaired) electrons. The minimum Gasteiger partial charge on any atom is -0.391 e. The summed E-state index contributed by atoms with van der Waals surface area (Å²) in [4.78, 5) is 5.19. The molecule has 0 unspecified atom stereocenters. The van der Waals surface area contributed by atoms with E-state index in [0.29, 0.717) is 0 Å². The van der Waals surface area contributed by atoms with Gasteiger partial charge >= 0.3 is 0 Å². The number of hydrogen-bond acceptors (Lipinski definition) is 4. The van der Waals surface area contributed by atoms with Crippen LogP contribution < -0.4 is 10.2 Å². The molecule has 0 amide bonds. The molecule has 2 aromatic rings. The van der Waals surface area contributed by atoms with Crippen molar-refractivity contribution in [3.63, 3.8) is 0 Å². The predicted molar refractivity (Wildman–Crippen MR) is 124 cm³/mol. The highest BCUT2D eigenvalue weighted by atomic mass is 79.9. The van der Waals surface area contributed by atoms with Crippen LogP contribution in [0.2, 0.25) is 0 Å². The van der Waals surface area contributed by atoms with Gasteiger partial charge in [-0.2, -0.15) is 0 Å². The average molecular weight is 453 g/mol. The second kappa shape index (κ2) is 11.1. The number of nitrogens with one attached hydrogen (secondary N) is 1. The number of nitrogens with zero attached hydrogens (tertiary/aromatic N) is 1. The zero-order valence-electron chi connectivity index (χ0n) is 17.1. The lowest BCUT2D eigenvalue weighted by molar-refractivity contribution is 0.102. The van der Waals surface area contributed by atoms with E-state index in [9.17, 15) is 0 Å². The molecule has 3 nitrogen and oxygen atoms in total. The Labute approximate surface area is 179 Å². The van der Waals surface area contributed by atoms with Gasteiger partial charge in [-0.3, -0.25) is 0 Å². The molecule has 0 atom stereocenters. The molecule has 0 spiro atoms. The molecule has 1 aliphatic rings. The van der Waals surface area contributed by atoms with Crippen molar-refractivity contribution in [3.8, 4) is 0 Å². The predicted octanol–water partition coefficient (Wildman–Crippen LogP) is 5.22. The molecule has 2 N–H and O–H groups in total. The van der Waals surface area contributed by atoms with E-state index in [-0.39, 0.29) is 17.0 Å². The number of aliphatic hydroxyl groups is 1. The fourth-order valence-corrected chi connectivity index (χ4v) is 3.78. The van der Waals surface area contributed by atoms with Crippen LogP contribution in [-0.2, 0) is 0 Å². The normalized spacial score (nSPS) is 14.1. The van der Waals surface area contributed by atoms with Gasteiger partial charge in [0.1, 0.15) is 0 Å². The summed E-state index contributed by atoms with van der Waals surface area (Å²) in [6.07, 6.45) is 0. The Balaban J connectivity index is 0.000000542. The Kier molecular flexibility index (Phi) is 9.88. The van der Waals surface area contributed by atoms with Gasteiger partial charge in [-0.1, -0.05) is 41.6 Å². The molecule has 1 saturated heterocycles. The van der Waals surface area contributed by atoms with Gasteiger partial charge in [0.2, 0.25) is 0 Å². The fraction of sp³-hybridized carbons (Fsp3) is 0.455. The van der Waals surface area contributed by atoms with E-state index in [2.05, 4.69) is 66.5 Å². The van der Waals surface area contributed by atoms with E-state index in [0.717, 1.165) is 26.2 Å². The van der Waals surface area contributed by atoms with Crippen molar-refractivity contribution in [2.45, 2.75) is 50.0 Å². The molecular formula is C22H33BrN2OS. The Morgan fingerprint density at radius 1 is 0.963 bits per heavy atom. The highest BCUT2D eigenvalue weighted by molar-refractivity contribution is 8.93. The molecule has 150 valence electrons. The third kappa shape index (κ3) is 8.69. The van der Waals surface area contributed by atoms with Gasteiger partial charge in [0, 0.05) is 36.0 Å². The van der Waals surface area contributed by atoms with E-state index in [4.69, 9.17) is 5.11 Å². The highest BCUT2D eigenvalue weighted by Gasteiger charge is 2.14. The number of halogens is 1. The average Bonchev–Trinajstić information content (AvgIpc) is 2.57. The molecule has 0 aliphatic carbocycles. The summed E-state index contributed by atoms with van der Waals surface area (Å²) in [5, 5.41) is 11.9. The summed E-state index contributed by atoms with van der Waals surface area (Å²) in [5.41, 5.74) is 3.55. The maximum absolute atomic E-state index is 8.52. The van der Waals surface area contributed by atoms with Crippen LogP contribution >= 0.6 is 28.7 Å². The number of hydrogen-bond donors (Lipinski definition) is 2. The highest BCUT2D eigenvalue weighted by Crippen LogP contribution is 2.37. The SMILES string of the molecule is Br.CC(C)(C)O.Cc1ccc(Sc2ccccc2N2CCNCC2)c(C)c1. The van der Waals surface area contributed by atoms with E-state index in [1.165, 1.54) is 26.6 Å². The Morgan fingerprint density at radius 2 is 1.56 bits per heavy atom. The van der Waals surface area contributed by atoms with Crippen molar-refractivity contribution in [2.24, 2.45) is 0 Å². The minimum atomic E-state index is -0.500. The van der Waals surface area contributed by atoms with Gasteiger partial charge in [-0.15, -0.1) is 17.0 Å². The molecule has 1 fully saturated rings. The number of rotatable bonds is 3. The standard InChI is InChI=1S/C18H22N2S.C4H10O.BrH/c1-14-7-8-17(15(2)13-14)21-18-6-4-3-5-16(18)20-11-9-19-10-12-20;1-4(2,3)5;/h3-8,13,19H,9-12H2,1-2H3;5H,1-3H3;1H. The van der Waals surface area contributed by atoms with Gasteiger partial charge < -0.3 is 15.3 Å². The first-order valence-corrected chi connectivity index (χ1v) is 10.1. The summed E-state index contributed by atoms with van der Waals surface area (Å²) in [6, 6.07) is 15.5. The molecule has 5 heteroatoms. The Bertz CT molecular complexity index is 704. The molecule has 1 aliphatic heterocycles. The van der Waals surface area contributed by atoms with Crippen molar-refractivity contribution in [3.05, 3.63) is 53.6 Å². The van der Waals surface area contributed by atoms with Gasteiger partial charge in [0.05, 0.1) is 11.3 Å². The third-order valence-corrected chi connectivity index (χ3v) is 5.12. The van der Waals surface area contributed by atoms with Crippen LogP contribution in [0.4, 0.5) is 5.69 Å². The van der Waals surface area contributed by atoms with Gasteiger partial charge in [0.15, 0.2) is 0 Å². The van der Waals surface area contributed by atoms with E-state index >= 15 is 0 Å². The zero-order chi connectivity index (χ0) is 19.2. The topological polar surface area (TPSA) is 35.5 Å². The van der Waals surface area contributed by atoms with Crippen LogP contribution in [0.1, 0.15) is 31.9 Å². The van der Waals surface area contributed by atoms with Gasteiger partial charge in [0.25, 0.3) is 0 Å². The number of para-hydroxylation sites is 1. The monoisotopic (exact) mass is 452 g/mol. The molecule has 0 aromatic heterocycles. The van der Waals surface area contributed by atoms with E-state index < -0.39 is 5.60 Å². The Hall–Kier alpha value is -1.01. The van der Waals surface area contributed by atoms with E-state index in [1.54, 1.807) is 20.8 Å². The summed E-state index contributed by atoms with van der Waals surface area (Å²) in [7, 11) is 0. The lowest BCUT2D eigenvalue weighted by Crippen LogP contribution is -2.43. The maximum Gasteiger partial charge on any atom is 0.0563 e. The molecule has 3 rings (SSSR count). The molecule has 27 heavy (non-hydrogen) atoms. The van der Waals surface area contributed by atoms with Gasteiger partial charge in [-0.05, 0) is 58.4 Å².